The lowest BCUT2D eigenvalue weighted by Crippen LogP contribution is -2.14. The van der Waals surface area contributed by atoms with Gasteiger partial charge in [0.05, 0.1) is 6.20 Å². The van der Waals surface area contributed by atoms with E-state index in [2.05, 4.69) is 20.6 Å². The number of nitrogens with zero attached hydrogens (tertiary/aromatic N) is 2. The Kier molecular flexibility index (Phi) is 5.03. The number of para-hydroxylation sites is 1. The predicted molar refractivity (Wildman–Crippen MR) is 76.7 cm³/mol. The van der Waals surface area contributed by atoms with E-state index in [0.29, 0.717) is 13.2 Å². The summed E-state index contributed by atoms with van der Waals surface area (Å²) >= 11 is 0. The average molecular weight is 290 g/mol. The maximum atomic E-state index is 13.3. The van der Waals surface area contributed by atoms with Crippen molar-refractivity contribution in [1.29, 1.82) is 0 Å². The molecule has 1 amide bonds. The minimum Gasteiger partial charge on any atom is -0.462 e. The molecule has 0 unspecified atom stereocenters. The number of anilines is 2. The van der Waals surface area contributed by atoms with Crippen molar-refractivity contribution in [3.05, 3.63) is 42.3 Å². The number of ether oxygens (including phenoxy) is 1. The number of carbonyl (C=O) groups is 1. The van der Waals surface area contributed by atoms with Crippen LogP contribution in [0.25, 0.3) is 0 Å². The van der Waals surface area contributed by atoms with Gasteiger partial charge in [-0.2, -0.15) is 4.98 Å². The Hall–Kier alpha value is -2.70. The fraction of sp³-hybridized carbons (Fsp3) is 0.214. The smallest absolute Gasteiger partial charge is 0.318 e. The van der Waals surface area contributed by atoms with Crippen LogP contribution < -0.4 is 15.4 Å². The van der Waals surface area contributed by atoms with Gasteiger partial charge in [-0.25, -0.2) is 9.37 Å². The number of amides is 1. The van der Waals surface area contributed by atoms with E-state index in [1.54, 1.807) is 0 Å². The maximum absolute atomic E-state index is 13.3. The van der Waals surface area contributed by atoms with E-state index < -0.39 is 11.7 Å². The van der Waals surface area contributed by atoms with E-state index in [4.69, 9.17) is 4.74 Å². The molecule has 0 bridgehead atoms. The van der Waals surface area contributed by atoms with Gasteiger partial charge in [-0.3, -0.25) is 4.79 Å². The molecule has 0 saturated carbocycles. The van der Waals surface area contributed by atoms with Gasteiger partial charge < -0.3 is 15.4 Å². The van der Waals surface area contributed by atoms with Gasteiger partial charge in [0.2, 0.25) is 5.91 Å². The van der Waals surface area contributed by atoms with Crippen molar-refractivity contribution in [2.24, 2.45) is 0 Å². The Balaban J connectivity index is 1.84. The first kappa shape index (κ1) is 14.7. The SMILES string of the molecule is CC(=O)Nc1nc(OCCNc2ccccc2)ncc1F. The minimum absolute atomic E-state index is 0.00927. The van der Waals surface area contributed by atoms with Crippen LogP contribution in [0.5, 0.6) is 6.01 Å². The van der Waals surface area contributed by atoms with E-state index in [1.165, 1.54) is 6.92 Å². The standard InChI is InChI=1S/C14H15FN4O2/c1-10(20)18-13-12(15)9-17-14(19-13)21-8-7-16-11-5-3-2-4-6-11/h2-6,9,16H,7-8H2,1H3,(H,17,18,19,20). The number of rotatable bonds is 6. The van der Waals surface area contributed by atoms with Gasteiger partial charge in [0.25, 0.3) is 0 Å². The third-order valence-corrected chi connectivity index (χ3v) is 2.45. The van der Waals surface area contributed by atoms with Gasteiger partial charge in [-0.1, -0.05) is 18.2 Å². The summed E-state index contributed by atoms with van der Waals surface area (Å²) < 4.78 is 18.6. The van der Waals surface area contributed by atoms with Crippen LogP contribution in [-0.4, -0.2) is 29.0 Å². The lowest BCUT2D eigenvalue weighted by Gasteiger charge is -2.08. The van der Waals surface area contributed by atoms with E-state index in [0.717, 1.165) is 11.9 Å². The van der Waals surface area contributed by atoms with Crippen LogP contribution in [0.15, 0.2) is 36.5 Å². The molecule has 0 spiro atoms. The Bertz CT molecular complexity index is 607. The lowest BCUT2D eigenvalue weighted by molar-refractivity contribution is -0.114. The zero-order chi connectivity index (χ0) is 15.1. The van der Waals surface area contributed by atoms with Crippen molar-refractivity contribution in [2.75, 3.05) is 23.8 Å². The quantitative estimate of drug-likeness (QED) is 0.796. The molecule has 2 aromatic rings. The lowest BCUT2D eigenvalue weighted by atomic mass is 10.3. The van der Waals surface area contributed by atoms with Gasteiger partial charge in [0, 0.05) is 19.2 Å². The number of aromatic nitrogens is 2. The molecular formula is C14H15FN4O2. The molecule has 0 radical (unpaired) electrons. The highest BCUT2D eigenvalue weighted by molar-refractivity contribution is 5.87. The summed E-state index contributed by atoms with van der Waals surface area (Å²) in [5.74, 6) is -1.31. The Morgan fingerprint density at radius 3 is 2.81 bits per heavy atom. The predicted octanol–water partition coefficient (Wildman–Crippen LogP) is 2.06. The van der Waals surface area contributed by atoms with Gasteiger partial charge >= 0.3 is 6.01 Å². The molecule has 110 valence electrons. The fourth-order valence-corrected chi connectivity index (χ4v) is 1.57. The largest absolute Gasteiger partial charge is 0.462 e. The molecule has 7 heteroatoms. The summed E-state index contributed by atoms with van der Waals surface area (Å²) in [6.07, 6.45) is 0.957. The molecule has 1 aromatic heterocycles. The highest BCUT2D eigenvalue weighted by Gasteiger charge is 2.08. The zero-order valence-electron chi connectivity index (χ0n) is 11.5. The molecule has 0 atom stereocenters. The molecule has 0 aliphatic rings. The van der Waals surface area contributed by atoms with Crippen LogP contribution in [0.3, 0.4) is 0 Å². The summed E-state index contributed by atoms with van der Waals surface area (Å²) in [6, 6.07) is 9.65. The Morgan fingerprint density at radius 2 is 2.10 bits per heavy atom. The highest BCUT2D eigenvalue weighted by atomic mass is 19.1. The van der Waals surface area contributed by atoms with Crippen molar-refractivity contribution in [2.45, 2.75) is 6.92 Å². The molecule has 0 aliphatic heterocycles. The van der Waals surface area contributed by atoms with Gasteiger partial charge in [-0.05, 0) is 12.1 Å². The summed E-state index contributed by atoms with van der Waals surface area (Å²) in [6.45, 7) is 2.12. The topological polar surface area (TPSA) is 76.1 Å². The van der Waals surface area contributed by atoms with Crippen molar-refractivity contribution in [3.63, 3.8) is 0 Å². The summed E-state index contributed by atoms with van der Waals surface area (Å²) in [5, 5.41) is 5.42. The van der Waals surface area contributed by atoms with Crippen molar-refractivity contribution >= 4 is 17.4 Å². The number of benzene rings is 1. The van der Waals surface area contributed by atoms with Crippen molar-refractivity contribution < 1.29 is 13.9 Å². The molecule has 6 nitrogen and oxygen atoms in total. The molecule has 1 heterocycles. The van der Waals surface area contributed by atoms with Crippen LogP contribution in [0.2, 0.25) is 0 Å². The molecular weight excluding hydrogens is 275 g/mol. The molecule has 2 rings (SSSR count). The number of hydrogen-bond acceptors (Lipinski definition) is 5. The summed E-state index contributed by atoms with van der Waals surface area (Å²) in [4.78, 5) is 18.4. The van der Waals surface area contributed by atoms with Gasteiger partial charge in [-0.15, -0.1) is 0 Å². The molecule has 0 fully saturated rings. The van der Waals surface area contributed by atoms with E-state index >= 15 is 0 Å². The molecule has 0 aliphatic carbocycles. The van der Waals surface area contributed by atoms with E-state index in [1.807, 2.05) is 30.3 Å². The maximum Gasteiger partial charge on any atom is 0.318 e. The van der Waals surface area contributed by atoms with Gasteiger partial charge in [0.1, 0.15) is 6.61 Å². The molecule has 0 saturated heterocycles. The van der Waals surface area contributed by atoms with Crippen LogP contribution in [-0.2, 0) is 4.79 Å². The summed E-state index contributed by atoms with van der Waals surface area (Å²) in [7, 11) is 0. The highest BCUT2D eigenvalue weighted by Crippen LogP contribution is 2.13. The van der Waals surface area contributed by atoms with Crippen molar-refractivity contribution in [1.82, 2.24) is 9.97 Å². The molecule has 2 N–H and O–H groups in total. The average Bonchev–Trinajstić information content (AvgIpc) is 2.47. The van der Waals surface area contributed by atoms with E-state index in [9.17, 15) is 9.18 Å². The summed E-state index contributed by atoms with van der Waals surface area (Å²) in [5.41, 5.74) is 0.972. The van der Waals surface area contributed by atoms with Crippen LogP contribution >= 0.6 is 0 Å². The number of nitrogens with one attached hydrogen (secondary N) is 2. The molecule has 21 heavy (non-hydrogen) atoms. The van der Waals surface area contributed by atoms with Gasteiger partial charge in [0.15, 0.2) is 11.6 Å². The first-order valence-electron chi connectivity index (χ1n) is 6.37. The Labute approximate surface area is 121 Å². The first-order valence-corrected chi connectivity index (χ1v) is 6.37. The number of halogens is 1. The first-order chi connectivity index (χ1) is 10.1. The Morgan fingerprint density at radius 1 is 1.33 bits per heavy atom. The number of hydrogen-bond donors (Lipinski definition) is 2. The van der Waals surface area contributed by atoms with Crippen LogP contribution in [0, 0.1) is 5.82 Å². The van der Waals surface area contributed by atoms with Crippen LogP contribution in [0.4, 0.5) is 15.9 Å². The second kappa shape index (κ2) is 7.18. The second-order valence-corrected chi connectivity index (χ2v) is 4.17. The zero-order valence-corrected chi connectivity index (χ0v) is 11.5. The number of carbonyl (C=O) groups excluding carboxylic acids is 1. The molecule has 1 aromatic carbocycles. The van der Waals surface area contributed by atoms with Crippen LogP contribution in [0.1, 0.15) is 6.92 Å². The van der Waals surface area contributed by atoms with E-state index in [-0.39, 0.29) is 11.8 Å². The second-order valence-electron chi connectivity index (χ2n) is 4.17. The third kappa shape index (κ3) is 4.72. The minimum atomic E-state index is -0.708. The third-order valence-electron chi connectivity index (χ3n) is 2.45. The van der Waals surface area contributed by atoms with Crippen molar-refractivity contribution in [3.8, 4) is 6.01 Å². The monoisotopic (exact) mass is 290 g/mol. The fourth-order valence-electron chi connectivity index (χ4n) is 1.57. The normalized spacial score (nSPS) is 10.0.